The molecule has 1 heterocycles. The van der Waals surface area contributed by atoms with Crippen molar-refractivity contribution in [3.8, 4) is 5.69 Å². The van der Waals surface area contributed by atoms with E-state index in [9.17, 15) is 14.9 Å². The van der Waals surface area contributed by atoms with Crippen LogP contribution in [0.5, 0.6) is 0 Å². The number of aryl methyl sites for hydroxylation is 1. The van der Waals surface area contributed by atoms with Crippen LogP contribution in [0.25, 0.3) is 5.69 Å². The number of non-ortho nitro benzene ring substituents is 1. The number of hydrogen-bond acceptors (Lipinski definition) is 5. The van der Waals surface area contributed by atoms with Gasteiger partial charge >= 0.3 is 0 Å². The van der Waals surface area contributed by atoms with Gasteiger partial charge in [0.05, 0.1) is 10.7 Å². The number of carbonyl (C=O) groups excluding carboxylic acids is 1. The van der Waals surface area contributed by atoms with Crippen molar-refractivity contribution < 1.29 is 9.72 Å². The molecule has 0 radical (unpaired) electrons. The number of nitrogens with one attached hydrogen (secondary N) is 1. The third-order valence-corrected chi connectivity index (χ3v) is 4.55. The zero-order valence-electron chi connectivity index (χ0n) is 14.0. The molecule has 0 saturated heterocycles. The first-order valence-corrected chi connectivity index (χ1v) is 8.79. The van der Waals surface area contributed by atoms with Crippen LogP contribution in [0, 0.1) is 17.0 Å². The van der Waals surface area contributed by atoms with Crippen molar-refractivity contribution in [3.05, 3.63) is 76.6 Å². The molecule has 0 unspecified atom stereocenters. The predicted molar refractivity (Wildman–Crippen MR) is 101 cm³/mol. The van der Waals surface area contributed by atoms with Crippen molar-refractivity contribution in [3.63, 3.8) is 0 Å². The molecule has 1 amide bonds. The van der Waals surface area contributed by atoms with Gasteiger partial charge in [0.2, 0.25) is 5.91 Å². The first kappa shape index (κ1) is 17.7. The van der Waals surface area contributed by atoms with Gasteiger partial charge in [0.25, 0.3) is 5.69 Å². The van der Waals surface area contributed by atoms with Crippen molar-refractivity contribution in [2.45, 2.75) is 12.1 Å². The maximum absolute atomic E-state index is 12.1. The predicted octanol–water partition coefficient (Wildman–Crippen LogP) is 3.82. The number of amides is 1. The van der Waals surface area contributed by atoms with Gasteiger partial charge in [-0.1, -0.05) is 23.9 Å². The Morgan fingerprint density at radius 2 is 2.04 bits per heavy atom. The van der Waals surface area contributed by atoms with Crippen molar-refractivity contribution in [2.24, 2.45) is 0 Å². The van der Waals surface area contributed by atoms with Gasteiger partial charge in [-0.05, 0) is 36.8 Å². The highest BCUT2D eigenvalue weighted by molar-refractivity contribution is 7.99. The van der Waals surface area contributed by atoms with Crippen LogP contribution >= 0.6 is 11.8 Å². The maximum Gasteiger partial charge on any atom is 0.269 e. The molecule has 0 spiro atoms. The molecule has 0 aliphatic rings. The largest absolute Gasteiger partial charge is 0.325 e. The fourth-order valence-corrected chi connectivity index (χ4v) is 3.15. The average molecular weight is 368 g/mol. The summed E-state index contributed by atoms with van der Waals surface area (Å²) in [5, 5.41) is 14.2. The molecule has 8 heteroatoms. The Bertz CT molecular complexity index is 938. The number of aromatic nitrogens is 2. The lowest BCUT2D eigenvalue weighted by Gasteiger charge is -2.08. The van der Waals surface area contributed by atoms with Gasteiger partial charge in [-0.2, -0.15) is 0 Å². The van der Waals surface area contributed by atoms with Crippen molar-refractivity contribution in [2.75, 3.05) is 11.1 Å². The summed E-state index contributed by atoms with van der Waals surface area (Å²) in [7, 11) is 0. The van der Waals surface area contributed by atoms with E-state index in [0.717, 1.165) is 16.9 Å². The van der Waals surface area contributed by atoms with E-state index in [1.54, 1.807) is 29.1 Å². The van der Waals surface area contributed by atoms with Gasteiger partial charge in [-0.25, -0.2) is 4.98 Å². The van der Waals surface area contributed by atoms with Gasteiger partial charge in [0.15, 0.2) is 5.16 Å². The molecule has 1 N–H and O–H groups in total. The Labute approximate surface area is 154 Å². The van der Waals surface area contributed by atoms with Crippen LogP contribution in [-0.2, 0) is 4.79 Å². The van der Waals surface area contributed by atoms with Crippen molar-refractivity contribution in [1.82, 2.24) is 9.55 Å². The van der Waals surface area contributed by atoms with E-state index >= 15 is 0 Å². The van der Waals surface area contributed by atoms with E-state index in [1.807, 2.05) is 31.2 Å². The molecule has 1 aromatic heterocycles. The molecule has 0 atom stereocenters. The first-order chi connectivity index (χ1) is 12.5. The van der Waals surface area contributed by atoms with Gasteiger partial charge < -0.3 is 5.32 Å². The second-order valence-electron chi connectivity index (χ2n) is 5.56. The van der Waals surface area contributed by atoms with Gasteiger partial charge in [0.1, 0.15) is 0 Å². The summed E-state index contributed by atoms with van der Waals surface area (Å²) < 4.78 is 1.79. The van der Waals surface area contributed by atoms with Crippen LogP contribution in [0.4, 0.5) is 11.4 Å². The minimum absolute atomic E-state index is 0.0283. The molecule has 3 aromatic rings. The van der Waals surface area contributed by atoms with Gasteiger partial charge in [-0.3, -0.25) is 19.5 Å². The Morgan fingerprint density at radius 1 is 1.27 bits per heavy atom. The lowest BCUT2D eigenvalue weighted by molar-refractivity contribution is -0.384. The minimum atomic E-state index is -0.441. The second kappa shape index (κ2) is 7.83. The van der Waals surface area contributed by atoms with E-state index in [1.165, 1.54) is 23.9 Å². The van der Waals surface area contributed by atoms with E-state index in [2.05, 4.69) is 10.3 Å². The summed E-state index contributed by atoms with van der Waals surface area (Å²) >= 11 is 1.30. The summed E-state index contributed by atoms with van der Waals surface area (Å²) in [5.74, 6) is 0.0802. The molecule has 7 nitrogen and oxygen atoms in total. The number of anilines is 1. The Kier molecular flexibility index (Phi) is 5.33. The topological polar surface area (TPSA) is 90.1 Å². The third kappa shape index (κ3) is 4.28. The number of nitro benzene ring substituents is 1. The molecule has 0 bridgehead atoms. The minimum Gasteiger partial charge on any atom is -0.325 e. The zero-order chi connectivity index (χ0) is 18.5. The number of thioether (sulfide) groups is 1. The molecule has 0 aliphatic carbocycles. The van der Waals surface area contributed by atoms with Gasteiger partial charge in [0, 0.05) is 35.9 Å². The maximum atomic E-state index is 12.1. The third-order valence-electron chi connectivity index (χ3n) is 3.58. The van der Waals surface area contributed by atoms with Crippen LogP contribution < -0.4 is 5.32 Å². The number of rotatable bonds is 6. The monoisotopic (exact) mass is 368 g/mol. The van der Waals surface area contributed by atoms with Crippen molar-refractivity contribution >= 4 is 29.0 Å². The molecule has 0 saturated carbocycles. The number of nitro groups is 1. The molecule has 0 aliphatic heterocycles. The lowest BCUT2D eigenvalue weighted by Crippen LogP contribution is -2.14. The van der Waals surface area contributed by atoms with Crippen LogP contribution in [0.15, 0.2) is 66.1 Å². The molecule has 132 valence electrons. The highest BCUT2D eigenvalue weighted by atomic mass is 32.2. The van der Waals surface area contributed by atoms with E-state index in [-0.39, 0.29) is 17.3 Å². The molecular weight excluding hydrogens is 352 g/mol. The quantitative estimate of drug-likeness (QED) is 0.406. The first-order valence-electron chi connectivity index (χ1n) is 7.80. The summed E-state index contributed by atoms with van der Waals surface area (Å²) in [6.45, 7) is 1.96. The SMILES string of the molecule is Cc1cccc(NC(=O)CSc2nccn2-c2ccc([N+](=O)[O-])cc2)c1. The molecular formula is C18H16N4O3S. The molecule has 3 rings (SSSR count). The summed E-state index contributed by atoms with van der Waals surface area (Å²) in [6.07, 6.45) is 3.38. The Hall–Kier alpha value is -3.13. The van der Waals surface area contributed by atoms with Crippen LogP contribution in [0.1, 0.15) is 5.56 Å². The van der Waals surface area contributed by atoms with E-state index < -0.39 is 4.92 Å². The molecule has 26 heavy (non-hydrogen) atoms. The molecule has 2 aromatic carbocycles. The normalized spacial score (nSPS) is 10.5. The average Bonchev–Trinajstić information content (AvgIpc) is 3.08. The van der Waals surface area contributed by atoms with E-state index in [4.69, 9.17) is 0 Å². The van der Waals surface area contributed by atoms with E-state index in [0.29, 0.717) is 5.16 Å². The van der Waals surface area contributed by atoms with Crippen LogP contribution in [0.2, 0.25) is 0 Å². The Balaban J connectivity index is 1.65. The fraction of sp³-hybridized carbons (Fsp3) is 0.111. The zero-order valence-corrected chi connectivity index (χ0v) is 14.8. The summed E-state index contributed by atoms with van der Waals surface area (Å²) in [4.78, 5) is 26.7. The number of imidazole rings is 1. The number of hydrogen-bond donors (Lipinski definition) is 1. The smallest absolute Gasteiger partial charge is 0.269 e. The number of benzene rings is 2. The Morgan fingerprint density at radius 3 is 2.73 bits per heavy atom. The number of carbonyl (C=O) groups is 1. The highest BCUT2D eigenvalue weighted by Gasteiger charge is 2.11. The molecule has 0 fully saturated rings. The van der Waals surface area contributed by atoms with Crippen molar-refractivity contribution in [1.29, 1.82) is 0 Å². The van der Waals surface area contributed by atoms with Crippen LogP contribution in [0.3, 0.4) is 0 Å². The van der Waals surface area contributed by atoms with Gasteiger partial charge in [-0.15, -0.1) is 0 Å². The standard InChI is InChI=1S/C18H16N4O3S/c1-13-3-2-4-14(11-13)20-17(23)12-26-18-19-9-10-21(18)15-5-7-16(8-6-15)22(24)25/h2-11H,12H2,1H3,(H,20,23). The van der Waals surface area contributed by atoms with Crippen LogP contribution in [-0.4, -0.2) is 26.1 Å². The lowest BCUT2D eigenvalue weighted by atomic mass is 10.2. The fourth-order valence-electron chi connectivity index (χ4n) is 2.38. The summed E-state index contributed by atoms with van der Waals surface area (Å²) in [6, 6.07) is 13.8. The second-order valence-corrected chi connectivity index (χ2v) is 6.50. The number of nitrogens with zero attached hydrogens (tertiary/aromatic N) is 3. The highest BCUT2D eigenvalue weighted by Crippen LogP contribution is 2.22. The summed E-state index contributed by atoms with van der Waals surface area (Å²) in [5.41, 5.74) is 2.61.